The zero-order valence-electron chi connectivity index (χ0n) is 11.4. The van der Waals surface area contributed by atoms with E-state index >= 15 is 0 Å². The van der Waals surface area contributed by atoms with Crippen molar-refractivity contribution >= 4 is 23.5 Å². The Balaban J connectivity index is 1.95. The SMILES string of the molecule is O=C(Nc1ccccc1SC(F)F)N[C@@H](CCO)C1CC1. The lowest BCUT2D eigenvalue weighted by molar-refractivity contribution is 0.234. The number of aliphatic hydroxyl groups is 1. The molecule has 7 heteroatoms. The van der Waals surface area contributed by atoms with Gasteiger partial charge in [-0.15, -0.1) is 0 Å². The van der Waals surface area contributed by atoms with E-state index in [0.717, 1.165) is 12.8 Å². The minimum absolute atomic E-state index is 0.0132. The van der Waals surface area contributed by atoms with E-state index in [9.17, 15) is 13.6 Å². The molecule has 2 amide bonds. The van der Waals surface area contributed by atoms with Crippen LogP contribution >= 0.6 is 11.8 Å². The van der Waals surface area contributed by atoms with Crippen LogP contribution in [0.15, 0.2) is 29.2 Å². The van der Waals surface area contributed by atoms with Gasteiger partial charge in [0.25, 0.3) is 5.76 Å². The maximum Gasteiger partial charge on any atom is 0.319 e. The third-order valence-electron chi connectivity index (χ3n) is 3.30. The number of nitrogens with one attached hydrogen (secondary N) is 2. The highest BCUT2D eigenvalue weighted by Gasteiger charge is 2.31. The summed E-state index contributed by atoms with van der Waals surface area (Å²) in [5.41, 5.74) is 0.360. The standard InChI is InChI=1S/C14H18F2N2O2S/c15-13(16)21-12-4-2-1-3-11(12)18-14(20)17-10(7-8-19)9-5-6-9/h1-4,9-10,13,19H,5-8H2,(H2,17,18,20)/t10-/m0/s1. The second-order valence-electron chi connectivity index (χ2n) is 4.93. The van der Waals surface area contributed by atoms with Crippen LogP contribution in [0.5, 0.6) is 0 Å². The Morgan fingerprint density at radius 3 is 2.71 bits per heavy atom. The summed E-state index contributed by atoms with van der Waals surface area (Å²) in [6.45, 7) is 0.0132. The Labute approximate surface area is 126 Å². The number of hydrogen-bond acceptors (Lipinski definition) is 3. The number of thioether (sulfide) groups is 1. The van der Waals surface area contributed by atoms with Gasteiger partial charge in [-0.1, -0.05) is 23.9 Å². The highest BCUT2D eigenvalue weighted by Crippen LogP contribution is 2.34. The summed E-state index contributed by atoms with van der Waals surface area (Å²) in [5.74, 6) is -2.13. The molecule has 0 aromatic heterocycles. The molecule has 1 aliphatic carbocycles. The second kappa shape index (κ2) is 7.61. The lowest BCUT2D eigenvalue weighted by Crippen LogP contribution is -2.40. The Morgan fingerprint density at radius 1 is 1.38 bits per heavy atom. The number of anilines is 1. The van der Waals surface area contributed by atoms with Crippen molar-refractivity contribution in [2.24, 2.45) is 5.92 Å². The van der Waals surface area contributed by atoms with Crippen LogP contribution in [-0.2, 0) is 0 Å². The van der Waals surface area contributed by atoms with Gasteiger partial charge in [0.15, 0.2) is 0 Å². The molecule has 1 aromatic carbocycles. The van der Waals surface area contributed by atoms with Gasteiger partial charge >= 0.3 is 6.03 Å². The van der Waals surface area contributed by atoms with E-state index in [-0.39, 0.29) is 12.6 Å². The van der Waals surface area contributed by atoms with Crippen molar-refractivity contribution in [2.75, 3.05) is 11.9 Å². The first-order valence-electron chi connectivity index (χ1n) is 6.82. The fourth-order valence-corrected chi connectivity index (χ4v) is 2.75. The molecule has 1 saturated carbocycles. The lowest BCUT2D eigenvalue weighted by Gasteiger charge is -2.18. The molecule has 0 aliphatic heterocycles. The zero-order valence-corrected chi connectivity index (χ0v) is 12.2. The van der Waals surface area contributed by atoms with Crippen LogP contribution in [0.4, 0.5) is 19.3 Å². The average molecular weight is 316 g/mol. The van der Waals surface area contributed by atoms with Crippen LogP contribution < -0.4 is 10.6 Å². The predicted molar refractivity (Wildman–Crippen MR) is 78.7 cm³/mol. The van der Waals surface area contributed by atoms with E-state index in [4.69, 9.17) is 5.11 Å². The number of alkyl halides is 2. The molecule has 0 unspecified atom stereocenters. The Morgan fingerprint density at radius 2 is 2.10 bits per heavy atom. The number of aliphatic hydroxyl groups excluding tert-OH is 1. The average Bonchev–Trinajstić information content (AvgIpc) is 3.24. The summed E-state index contributed by atoms with van der Waals surface area (Å²) >= 11 is 0.399. The molecule has 3 N–H and O–H groups in total. The fourth-order valence-electron chi connectivity index (χ4n) is 2.16. The number of halogens is 2. The molecular formula is C14H18F2N2O2S. The number of amides is 2. The number of urea groups is 1. The van der Waals surface area contributed by atoms with E-state index in [1.165, 1.54) is 0 Å². The number of carbonyl (C=O) groups excluding carboxylic acids is 1. The van der Waals surface area contributed by atoms with Crippen molar-refractivity contribution in [3.63, 3.8) is 0 Å². The maximum atomic E-state index is 12.5. The van der Waals surface area contributed by atoms with Crippen LogP contribution in [-0.4, -0.2) is 29.5 Å². The van der Waals surface area contributed by atoms with Crippen LogP contribution in [0.3, 0.4) is 0 Å². The summed E-state index contributed by atoms with van der Waals surface area (Å²) in [7, 11) is 0. The Bertz CT molecular complexity index is 484. The van der Waals surface area contributed by atoms with Crippen LogP contribution in [0.2, 0.25) is 0 Å². The number of carbonyl (C=O) groups is 1. The summed E-state index contributed by atoms with van der Waals surface area (Å²) in [4.78, 5) is 12.3. The first-order valence-corrected chi connectivity index (χ1v) is 7.70. The van der Waals surface area contributed by atoms with Crippen LogP contribution in [0.25, 0.3) is 0 Å². The molecule has 1 aliphatic rings. The first kappa shape index (κ1) is 16.0. The molecule has 1 fully saturated rings. The second-order valence-corrected chi connectivity index (χ2v) is 5.96. The van der Waals surface area contributed by atoms with Crippen LogP contribution in [0.1, 0.15) is 19.3 Å². The van der Waals surface area contributed by atoms with Crippen LogP contribution in [0, 0.1) is 5.92 Å². The number of hydrogen-bond donors (Lipinski definition) is 3. The van der Waals surface area contributed by atoms with Gasteiger partial charge in [0.2, 0.25) is 0 Å². The quantitative estimate of drug-likeness (QED) is 0.677. The van der Waals surface area contributed by atoms with Gasteiger partial charge < -0.3 is 15.7 Å². The van der Waals surface area contributed by atoms with Gasteiger partial charge in [0, 0.05) is 17.5 Å². The zero-order chi connectivity index (χ0) is 15.2. The van der Waals surface area contributed by atoms with Gasteiger partial charge in [0.1, 0.15) is 0 Å². The summed E-state index contributed by atoms with van der Waals surface area (Å²) < 4.78 is 24.9. The molecule has 0 radical (unpaired) electrons. The number of rotatable bonds is 7. The van der Waals surface area contributed by atoms with E-state index < -0.39 is 11.8 Å². The molecule has 0 spiro atoms. The topological polar surface area (TPSA) is 61.4 Å². The largest absolute Gasteiger partial charge is 0.396 e. The molecule has 1 atom stereocenters. The van der Waals surface area contributed by atoms with Crippen molar-refractivity contribution in [1.29, 1.82) is 0 Å². The molecule has 0 bridgehead atoms. The minimum Gasteiger partial charge on any atom is -0.396 e. The molecule has 2 rings (SSSR count). The lowest BCUT2D eigenvalue weighted by atomic mass is 10.1. The minimum atomic E-state index is -2.54. The molecule has 116 valence electrons. The summed E-state index contributed by atoms with van der Waals surface area (Å²) in [5, 5.41) is 14.4. The monoisotopic (exact) mass is 316 g/mol. The van der Waals surface area contributed by atoms with Gasteiger partial charge in [-0.05, 0) is 37.3 Å². The van der Waals surface area contributed by atoms with Crippen molar-refractivity contribution in [3.05, 3.63) is 24.3 Å². The normalized spacial score (nSPS) is 15.8. The molecule has 0 saturated heterocycles. The van der Waals surface area contributed by atoms with E-state index in [1.54, 1.807) is 24.3 Å². The molecule has 0 heterocycles. The third kappa shape index (κ3) is 5.17. The van der Waals surface area contributed by atoms with Gasteiger partial charge in [0.05, 0.1) is 5.69 Å². The number of para-hydroxylation sites is 1. The Hall–Kier alpha value is -1.34. The van der Waals surface area contributed by atoms with E-state index in [1.807, 2.05) is 0 Å². The Kier molecular flexibility index (Phi) is 5.81. The van der Waals surface area contributed by atoms with Gasteiger partial charge in [-0.2, -0.15) is 8.78 Å². The van der Waals surface area contributed by atoms with Crippen molar-refractivity contribution < 1.29 is 18.7 Å². The predicted octanol–water partition coefficient (Wildman–Crippen LogP) is 3.28. The highest BCUT2D eigenvalue weighted by atomic mass is 32.2. The number of benzene rings is 1. The van der Waals surface area contributed by atoms with Crippen molar-refractivity contribution in [2.45, 2.75) is 36.0 Å². The molecule has 21 heavy (non-hydrogen) atoms. The highest BCUT2D eigenvalue weighted by molar-refractivity contribution is 7.99. The summed E-state index contributed by atoms with van der Waals surface area (Å²) in [6.07, 6.45) is 2.59. The maximum absolute atomic E-state index is 12.5. The first-order chi connectivity index (χ1) is 10.1. The summed E-state index contributed by atoms with van der Waals surface area (Å²) in [6, 6.07) is 5.96. The van der Waals surface area contributed by atoms with Gasteiger partial charge in [-0.25, -0.2) is 4.79 Å². The van der Waals surface area contributed by atoms with E-state index in [2.05, 4.69) is 10.6 Å². The smallest absolute Gasteiger partial charge is 0.319 e. The van der Waals surface area contributed by atoms with Crippen molar-refractivity contribution in [1.82, 2.24) is 5.32 Å². The molecule has 4 nitrogen and oxygen atoms in total. The molecule has 1 aromatic rings. The third-order valence-corrected chi connectivity index (χ3v) is 4.09. The van der Waals surface area contributed by atoms with E-state index in [0.29, 0.717) is 34.7 Å². The fraction of sp³-hybridized carbons (Fsp3) is 0.500. The molecular weight excluding hydrogens is 298 g/mol. The van der Waals surface area contributed by atoms with Gasteiger partial charge in [-0.3, -0.25) is 0 Å². The van der Waals surface area contributed by atoms with Crippen molar-refractivity contribution in [3.8, 4) is 0 Å².